The lowest BCUT2D eigenvalue weighted by Gasteiger charge is -2.40. The number of aryl methyl sites for hydroxylation is 1. The first-order valence-corrected chi connectivity index (χ1v) is 11.6. The van der Waals surface area contributed by atoms with E-state index in [1.807, 2.05) is 17.9 Å². The molecule has 0 N–H and O–H groups in total. The van der Waals surface area contributed by atoms with E-state index in [0.29, 0.717) is 35.2 Å². The van der Waals surface area contributed by atoms with Crippen molar-refractivity contribution in [3.05, 3.63) is 65.5 Å². The van der Waals surface area contributed by atoms with E-state index in [1.54, 1.807) is 56.5 Å². The first kappa shape index (κ1) is 26.1. The molecule has 3 aromatic rings. The van der Waals surface area contributed by atoms with Crippen LogP contribution in [0.15, 0.2) is 48.7 Å². The van der Waals surface area contributed by atoms with E-state index in [9.17, 15) is 18.0 Å². The van der Waals surface area contributed by atoms with Crippen LogP contribution in [0, 0.1) is 6.92 Å². The Labute approximate surface area is 212 Å². The molecule has 1 amide bonds. The summed E-state index contributed by atoms with van der Waals surface area (Å²) in [4.78, 5) is 26.1. The summed E-state index contributed by atoms with van der Waals surface area (Å²) in [7, 11) is 3.11. The highest BCUT2D eigenvalue weighted by Crippen LogP contribution is 2.39. The average molecular weight is 517 g/mol. The molecule has 37 heavy (non-hydrogen) atoms. The fraction of sp³-hybridized carbons (Fsp3) is 0.346. The molecule has 1 aliphatic rings. The van der Waals surface area contributed by atoms with E-state index in [4.69, 9.17) is 9.47 Å². The Morgan fingerprint density at radius 1 is 1.03 bits per heavy atom. The molecule has 0 radical (unpaired) electrons. The molecule has 196 valence electrons. The molecule has 8 nitrogen and oxygen atoms in total. The number of hydrogen-bond acceptors (Lipinski definition) is 7. The molecule has 2 heterocycles. The van der Waals surface area contributed by atoms with Gasteiger partial charge < -0.3 is 19.1 Å². The number of carbonyl (C=O) groups excluding carboxylic acids is 1. The van der Waals surface area contributed by atoms with Crippen LogP contribution in [-0.2, 0) is 11.3 Å². The van der Waals surface area contributed by atoms with Crippen LogP contribution in [0.1, 0.15) is 36.2 Å². The number of benzene rings is 2. The van der Waals surface area contributed by atoms with Gasteiger partial charge in [-0.05, 0) is 43.2 Å². The Hall–Kier alpha value is -4.02. The van der Waals surface area contributed by atoms with Crippen molar-refractivity contribution in [3.8, 4) is 17.2 Å². The van der Waals surface area contributed by atoms with Crippen molar-refractivity contribution in [3.63, 3.8) is 0 Å². The zero-order valence-corrected chi connectivity index (χ0v) is 20.9. The van der Waals surface area contributed by atoms with Crippen LogP contribution in [0.4, 0.5) is 24.8 Å². The number of ether oxygens (including phenoxy) is 3. The lowest BCUT2D eigenvalue weighted by atomic mass is 10.0. The predicted octanol–water partition coefficient (Wildman–Crippen LogP) is 5.21. The molecule has 11 heteroatoms. The Bertz CT molecular complexity index is 1270. The number of hydrogen-bond donors (Lipinski definition) is 0. The van der Waals surface area contributed by atoms with Gasteiger partial charge in [0.15, 0.2) is 11.6 Å². The normalized spacial score (nSPS) is 14.3. The molecular formula is C26H27F3N4O4. The maximum atomic E-state index is 13.5. The van der Waals surface area contributed by atoms with Crippen LogP contribution in [0.3, 0.4) is 0 Å². The fourth-order valence-electron chi connectivity index (χ4n) is 4.37. The predicted molar refractivity (Wildman–Crippen MR) is 131 cm³/mol. The third kappa shape index (κ3) is 5.71. The third-order valence-corrected chi connectivity index (χ3v) is 6.07. The second-order valence-corrected chi connectivity index (χ2v) is 8.49. The molecule has 0 bridgehead atoms. The van der Waals surface area contributed by atoms with Gasteiger partial charge in [-0.3, -0.25) is 9.69 Å². The van der Waals surface area contributed by atoms with Crippen molar-refractivity contribution >= 4 is 17.5 Å². The fourth-order valence-corrected chi connectivity index (χ4v) is 4.37. The second kappa shape index (κ2) is 10.5. The zero-order chi connectivity index (χ0) is 26.7. The van der Waals surface area contributed by atoms with Gasteiger partial charge in [0.1, 0.15) is 17.2 Å². The van der Waals surface area contributed by atoms with Crippen molar-refractivity contribution in [2.45, 2.75) is 39.2 Å². The highest BCUT2D eigenvalue weighted by Gasteiger charge is 2.36. The zero-order valence-electron chi connectivity index (χ0n) is 20.9. The molecule has 0 fully saturated rings. The number of amides is 1. The average Bonchev–Trinajstić information content (AvgIpc) is 2.86. The van der Waals surface area contributed by atoms with Gasteiger partial charge in [-0.25, -0.2) is 9.97 Å². The summed E-state index contributed by atoms with van der Waals surface area (Å²) < 4.78 is 52.5. The molecule has 4 rings (SSSR count). The van der Waals surface area contributed by atoms with E-state index < -0.39 is 6.36 Å². The third-order valence-electron chi connectivity index (χ3n) is 6.07. The summed E-state index contributed by atoms with van der Waals surface area (Å²) in [6.07, 6.45) is -2.57. The van der Waals surface area contributed by atoms with Crippen LogP contribution < -0.4 is 24.0 Å². The SMILES string of the molecule is CCC(c1ccc(OC(F)(F)F)cc1)N1CC(=O)N(Cc2ccc(OC)cc2OC)c2nc(C)cnc21. The lowest BCUT2D eigenvalue weighted by Crippen LogP contribution is -2.47. The highest BCUT2D eigenvalue weighted by molar-refractivity contribution is 6.01. The summed E-state index contributed by atoms with van der Waals surface area (Å²) in [5.41, 5.74) is 2.14. The quantitative estimate of drug-likeness (QED) is 0.407. The summed E-state index contributed by atoms with van der Waals surface area (Å²) in [6, 6.07) is 10.7. The van der Waals surface area contributed by atoms with Gasteiger partial charge in [0, 0.05) is 11.6 Å². The minimum absolute atomic E-state index is 0.0164. The van der Waals surface area contributed by atoms with Crippen molar-refractivity contribution < 1.29 is 32.2 Å². The highest BCUT2D eigenvalue weighted by atomic mass is 19.4. The number of carbonyl (C=O) groups is 1. The van der Waals surface area contributed by atoms with Gasteiger partial charge in [-0.1, -0.05) is 19.1 Å². The molecule has 1 aliphatic heterocycles. The van der Waals surface area contributed by atoms with Crippen LogP contribution >= 0.6 is 0 Å². The van der Waals surface area contributed by atoms with Gasteiger partial charge in [0.2, 0.25) is 5.91 Å². The standard InChI is InChI=1S/C26H27F3N4O4/c1-5-21(17-6-9-19(10-7-17)37-26(27,28)29)32-15-23(34)33(25-24(32)30-13-16(2)31-25)14-18-8-11-20(35-3)12-22(18)36-4/h6-13,21H,5,14-15H2,1-4H3. The molecule has 1 aromatic heterocycles. The number of alkyl halides is 3. The van der Waals surface area contributed by atoms with Crippen molar-refractivity contribution in [2.75, 3.05) is 30.6 Å². The van der Waals surface area contributed by atoms with Gasteiger partial charge in [0.05, 0.1) is 45.2 Å². The van der Waals surface area contributed by atoms with Gasteiger partial charge in [0.25, 0.3) is 0 Å². The number of rotatable bonds is 8. The first-order chi connectivity index (χ1) is 17.6. The van der Waals surface area contributed by atoms with Crippen molar-refractivity contribution in [2.24, 2.45) is 0 Å². The molecule has 0 saturated heterocycles. The summed E-state index contributed by atoms with van der Waals surface area (Å²) in [5.74, 6) is 1.62. The maximum absolute atomic E-state index is 13.5. The summed E-state index contributed by atoms with van der Waals surface area (Å²) in [5, 5.41) is 0. The Morgan fingerprint density at radius 2 is 1.73 bits per heavy atom. The van der Waals surface area contributed by atoms with Crippen LogP contribution in [0.2, 0.25) is 0 Å². The molecule has 0 saturated carbocycles. The van der Waals surface area contributed by atoms with Gasteiger partial charge >= 0.3 is 6.36 Å². The Kier molecular flexibility index (Phi) is 7.42. The maximum Gasteiger partial charge on any atom is 0.573 e. The van der Waals surface area contributed by atoms with Crippen molar-refractivity contribution in [1.29, 1.82) is 0 Å². The number of methoxy groups -OCH3 is 2. The van der Waals surface area contributed by atoms with E-state index in [1.165, 1.54) is 12.1 Å². The second-order valence-electron chi connectivity index (χ2n) is 8.49. The van der Waals surface area contributed by atoms with E-state index in [-0.39, 0.29) is 30.8 Å². The lowest BCUT2D eigenvalue weighted by molar-refractivity contribution is -0.274. The molecular weight excluding hydrogens is 489 g/mol. The van der Waals surface area contributed by atoms with E-state index in [0.717, 1.165) is 11.1 Å². The largest absolute Gasteiger partial charge is 0.573 e. The molecule has 0 spiro atoms. The van der Waals surface area contributed by atoms with E-state index in [2.05, 4.69) is 14.7 Å². The van der Waals surface area contributed by atoms with E-state index >= 15 is 0 Å². The van der Waals surface area contributed by atoms with Gasteiger partial charge in [-0.2, -0.15) is 0 Å². The molecule has 1 unspecified atom stereocenters. The smallest absolute Gasteiger partial charge is 0.497 e. The van der Waals surface area contributed by atoms with Crippen LogP contribution in [0.5, 0.6) is 17.2 Å². The number of fused-ring (bicyclic) bond motifs is 1. The minimum atomic E-state index is -4.77. The number of aromatic nitrogens is 2. The Balaban J connectivity index is 1.68. The molecule has 0 aliphatic carbocycles. The van der Waals surface area contributed by atoms with Crippen LogP contribution in [-0.4, -0.2) is 43.0 Å². The van der Waals surface area contributed by atoms with Crippen LogP contribution in [0.25, 0.3) is 0 Å². The first-order valence-electron chi connectivity index (χ1n) is 11.6. The number of nitrogens with zero attached hydrogens (tertiary/aromatic N) is 4. The summed E-state index contributed by atoms with van der Waals surface area (Å²) in [6.45, 7) is 3.96. The minimum Gasteiger partial charge on any atom is -0.497 e. The van der Waals surface area contributed by atoms with Crippen molar-refractivity contribution in [1.82, 2.24) is 9.97 Å². The Morgan fingerprint density at radius 3 is 2.35 bits per heavy atom. The molecule has 2 aromatic carbocycles. The van der Waals surface area contributed by atoms with Gasteiger partial charge in [-0.15, -0.1) is 13.2 Å². The molecule has 1 atom stereocenters. The monoisotopic (exact) mass is 516 g/mol. The topological polar surface area (TPSA) is 77.0 Å². The number of anilines is 2. The summed E-state index contributed by atoms with van der Waals surface area (Å²) >= 11 is 0. The number of halogens is 3.